The summed E-state index contributed by atoms with van der Waals surface area (Å²) < 4.78 is 3.15. The van der Waals surface area contributed by atoms with E-state index < -0.39 is 0 Å². The Labute approximate surface area is 120 Å². The van der Waals surface area contributed by atoms with Crippen LogP contribution >= 0.6 is 15.9 Å². The fourth-order valence-corrected chi connectivity index (χ4v) is 2.55. The smallest absolute Gasteiger partial charge is 0.137 e. The lowest BCUT2D eigenvalue weighted by Crippen LogP contribution is -1.96. The average Bonchev–Trinajstić information content (AvgIpc) is 2.82. The SMILES string of the molecule is NCc1ccn2cc(Cc3ccccc3Br)nc2c1. The maximum Gasteiger partial charge on any atom is 0.137 e. The Balaban J connectivity index is 1.95. The van der Waals surface area contributed by atoms with Crippen molar-refractivity contribution in [3.8, 4) is 0 Å². The van der Waals surface area contributed by atoms with E-state index in [1.165, 1.54) is 5.56 Å². The van der Waals surface area contributed by atoms with Crippen molar-refractivity contribution in [3.63, 3.8) is 0 Å². The zero-order valence-corrected chi connectivity index (χ0v) is 12.0. The van der Waals surface area contributed by atoms with Crippen LogP contribution in [0.5, 0.6) is 0 Å². The first kappa shape index (κ1) is 12.4. The summed E-state index contributed by atoms with van der Waals surface area (Å²) >= 11 is 3.57. The van der Waals surface area contributed by atoms with E-state index in [1.54, 1.807) is 0 Å². The molecule has 0 aliphatic carbocycles. The second-order valence-electron chi connectivity index (χ2n) is 4.51. The lowest BCUT2D eigenvalue weighted by atomic mass is 10.1. The molecule has 0 amide bonds. The van der Waals surface area contributed by atoms with Gasteiger partial charge in [0.1, 0.15) is 5.65 Å². The Bertz CT molecular complexity index is 718. The van der Waals surface area contributed by atoms with Gasteiger partial charge in [0, 0.05) is 29.8 Å². The fourth-order valence-electron chi connectivity index (χ4n) is 2.13. The average molecular weight is 316 g/mol. The van der Waals surface area contributed by atoms with Crippen LogP contribution in [0.1, 0.15) is 16.8 Å². The lowest BCUT2D eigenvalue weighted by Gasteiger charge is -2.00. The summed E-state index contributed by atoms with van der Waals surface area (Å²) in [5, 5.41) is 0. The predicted octanol–water partition coefficient (Wildman–Crippen LogP) is 3.15. The monoisotopic (exact) mass is 315 g/mol. The lowest BCUT2D eigenvalue weighted by molar-refractivity contribution is 1.05. The highest BCUT2D eigenvalue weighted by atomic mass is 79.9. The number of benzene rings is 1. The maximum absolute atomic E-state index is 5.65. The molecule has 0 saturated carbocycles. The first-order chi connectivity index (χ1) is 9.26. The molecule has 96 valence electrons. The summed E-state index contributed by atoms with van der Waals surface area (Å²) in [6.45, 7) is 0.545. The Kier molecular flexibility index (Phi) is 3.36. The van der Waals surface area contributed by atoms with E-state index in [-0.39, 0.29) is 0 Å². The van der Waals surface area contributed by atoms with Crippen LogP contribution in [0.3, 0.4) is 0 Å². The quantitative estimate of drug-likeness (QED) is 0.807. The summed E-state index contributed by atoms with van der Waals surface area (Å²) in [6.07, 6.45) is 4.89. The number of nitrogens with two attached hydrogens (primary N) is 1. The Morgan fingerprint density at radius 1 is 1.21 bits per heavy atom. The molecular weight excluding hydrogens is 302 g/mol. The van der Waals surface area contributed by atoms with E-state index in [0.717, 1.165) is 27.8 Å². The van der Waals surface area contributed by atoms with E-state index in [0.29, 0.717) is 6.54 Å². The molecule has 3 nitrogen and oxygen atoms in total. The normalized spacial score (nSPS) is 11.1. The van der Waals surface area contributed by atoms with E-state index in [1.807, 2.05) is 34.9 Å². The van der Waals surface area contributed by atoms with Crippen molar-refractivity contribution in [2.45, 2.75) is 13.0 Å². The molecule has 0 aliphatic heterocycles. The van der Waals surface area contributed by atoms with Crippen molar-refractivity contribution in [2.24, 2.45) is 5.73 Å². The fraction of sp³-hybridized carbons (Fsp3) is 0.133. The van der Waals surface area contributed by atoms with Crippen molar-refractivity contribution in [1.29, 1.82) is 0 Å². The molecule has 0 bridgehead atoms. The van der Waals surface area contributed by atoms with Crippen LogP contribution in [0.15, 0.2) is 53.3 Å². The van der Waals surface area contributed by atoms with Crippen molar-refractivity contribution in [1.82, 2.24) is 9.38 Å². The summed E-state index contributed by atoms with van der Waals surface area (Å²) in [4.78, 5) is 4.64. The molecule has 19 heavy (non-hydrogen) atoms. The topological polar surface area (TPSA) is 43.3 Å². The summed E-state index contributed by atoms with van der Waals surface area (Å²) in [7, 11) is 0. The summed E-state index contributed by atoms with van der Waals surface area (Å²) in [6, 6.07) is 12.3. The molecule has 0 unspecified atom stereocenters. The van der Waals surface area contributed by atoms with E-state index in [9.17, 15) is 0 Å². The minimum absolute atomic E-state index is 0.545. The second kappa shape index (κ2) is 5.15. The molecule has 4 heteroatoms. The highest BCUT2D eigenvalue weighted by molar-refractivity contribution is 9.10. The minimum Gasteiger partial charge on any atom is -0.326 e. The number of rotatable bonds is 3. The van der Waals surface area contributed by atoms with Crippen molar-refractivity contribution >= 4 is 21.6 Å². The third-order valence-electron chi connectivity index (χ3n) is 3.14. The van der Waals surface area contributed by atoms with Gasteiger partial charge in [-0.3, -0.25) is 0 Å². The van der Waals surface area contributed by atoms with Crippen LogP contribution < -0.4 is 5.73 Å². The highest BCUT2D eigenvalue weighted by Gasteiger charge is 2.05. The van der Waals surface area contributed by atoms with Gasteiger partial charge in [0.2, 0.25) is 0 Å². The number of pyridine rings is 1. The van der Waals surface area contributed by atoms with Crippen molar-refractivity contribution in [2.75, 3.05) is 0 Å². The number of hydrogen-bond donors (Lipinski definition) is 1. The number of aromatic nitrogens is 2. The Morgan fingerprint density at radius 2 is 2.05 bits per heavy atom. The number of fused-ring (bicyclic) bond motifs is 1. The number of halogens is 1. The molecule has 0 saturated heterocycles. The predicted molar refractivity (Wildman–Crippen MR) is 80.0 cm³/mol. The van der Waals surface area contributed by atoms with Crippen LogP contribution in [-0.4, -0.2) is 9.38 Å². The molecule has 3 aromatic rings. The van der Waals surface area contributed by atoms with E-state index in [4.69, 9.17) is 5.73 Å². The van der Waals surface area contributed by atoms with Gasteiger partial charge in [-0.15, -0.1) is 0 Å². The molecule has 0 aliphatic rings. The molecule has 0 atom stereocenters. The highest BCUT2D eigenvalue weighted by Crippen LogP contribution is 2.19. The third kappa shape index (κ3) is 2.55. The molecule has 2 N–H and O–H groups in total. The van der Waals surface area contributed by atoms with Gasteiger partial charge in [-0.05, 0) is 29.3 Å². The van der Waals surface area contributed by atoms with Crippen LogP contribution in [0.4, 0.5) is 0 Å². The maximum atomic E-state index is 5.65. The zero-order chi connectivity index (χ0) is 13.2. The Morgan fingerprint density at radius 3 is 2.84 bits per heavy atom. The number of imidazole rings is 1. The number of nitrogens with zero attached hydrogens (tertiary/aromatic N) is 2. The van der Waals surface area contributed by atoms with Crippen LogP contribution in [0, 0.1) is 0 Å². The van der Waals surface area contributed by atoms with Gasteiger partial charge >= 0.3 is 0 Å². The van der Waals surface area contributed by atoms with Gasteiger partial charge in [-0.1, -0.05) is 34.1 Å². The third-order valence-corrected chi connectivity index (χ3v) is 3.91. The first-order valence-electron chi connectivity index (χ1n) is 6.16. The Hall–Kier alpha value is -1.65. The van der Waals surface area contributed by atoms with Crippen LogP contribution in [0.25, 0.3) is 5.65 Å². The molecule has 0 spiro atoms. The molecule has 0 radical (unpaired) electrons. The van der Waals surface area contributed by atoms with Gasteiger partial charge in [-0.2, -0.15) is 0 Å². The van der Waals surface area contributed by atoms with E-state index in [2.05, 4.69) is 39.2 Å². The summed E-state index contributed by atoms with van der Waals surface area (Å²) in [5.41, 5.74) is 10.00. The summed E-state index contributed by atoms with van der Waals surface area (Å²) in [5.74, 6) is 0. The zero-order valence-electron chi connectivity index (χ0n) is 10.4. The molecule has 1 aromatic carbocycles. The molecular formula is C15H14BrN3. The van der Waals surface area contributed by atoms with Gasteiger partial charge < -0.3 is 10.1 Å². The largest absolute Gasteiger partial charge is 0.326 e. The molecule has 0 fully saturated rings. The van der Waals surface area contributed by atoms with E-state index >= 15 is 0 Å². The second-order valence-corrected chi connectivity index (χ2v) is 5.36. The standard InChI is InChI=1S/C15H14BrN3/c16-14-4-2-1-3-12(14)8-13-10-19-6-5-11(9-17)7-15(19)18-13/h1-7,10H,8-9,17H2. The van der Waals surface area contributed by atoms with Crippen molar-refractivity contribution < 1.29 is 0 Å². The first-order valence-corrected chi connectivity index (χ1v) is 6.95. The van der Waals surface area contributed by atoms with Crippen molar-refractivity contribution in [3.05, 3.63) is 70.1 Å². The molecule has 2 heterocycles. The van der Waals surface area contributed by atoms with Crippen LogP contribution in [-0.2, 0) is 13.0 Å². The van der Waals surface area contributed by atoms with Gasteiger partial charge in [0.05, 0.1) is 5.69 Å². The van der Waals surface area contributed by atoms with Gasteiger partial charge in [0.25, 0.3) is 0 Å². The van der Waals surface area contributed by atoms with Gasteiger partial charge in [-0.25, -0.2) is 4.98 Å². The molecule has 3 rings (SSSR count). The molecule has 2 aromatic heterocycles. The minimum atomic E-state index is 0.545. The number of hydrogen-bond acceptors (Lipinski definition) is 2. The van der Waals surface area contributed by atoms with Crippen LogP contribution in [0.2, 0.25) is 0 Å². The van der Waals surface area contributed by atoms with Gasteiger partial charge in [0.15, 0.2) is 0 Å².